The quantitative estimate of drug-likeness (QED) is 0.838. The van der Waals surface area contributed by atoms with Crippen molar-refractivity contribution in [3.05, 3.63) is 29.3 Å². The minimum atomic E-state index is -0.268. The number of rotatable bonds is 3. The average molecular weight is 251 g/mol. The van der Waals surface area contributed by atoms with Crippen LogP contribution in [-0.2, 0) is 10.2 Å². The Balaban J connectivity index is 3.03. The maximum Gasteiger partial charge on any atom is 0.230 e. The molecule has 0 aromatic heterocycles. The zero-order chi connectivity index (χ0) is 13.2. The van der Waals surface area contributed by atoms with Gasteiger partial charge in [0, 0.05) is 4.90 Å². The van der Waals surface area contributed by atoms with E-state index in [-0.39, 0.29) is 16.6 Å². The lowest BCUT2D eigenvalue weighted by Gasteiger charge is -2.21. The van der Waals surface area contributed by atoms with E-state index in [4.69, 9.17) is 5.73 Å². The van der Waals surface area contributed by atoms with Gasteiger partial charge in [-0.1, -0.05) is 32.9 Å². The van der Waals surface area contributed by atoms with Crippen molar-refractivity contribution in [2.24, 2.45) is 5.73 Å². The fourth-order valence-electron chi connectivity index (χ4n) is 1.44. The van der Waals surface area contributed by atoms with Crippen molar-refractivity contribution in [3.8, 4) is 0 Å². The minimum Gasteiger partial charge on any atom is -0.369 e. The summed E-state index contributed by atoms with van der Waals surface area (Å²) in [5.74, 6) is -0.268. The van der Waals surface area contributed by atoms with Gasteiger partial charge in [0.2, 0.25) is 5.91 Å². The maximum atomic E-state index is 11.1. The fourth-order valence-corrected chi connectivity index (χ4v) is 2.39. The normalized spacial score (nSPS) is 13.5. The van der Waals surface area contributed by atoms with Crippen molar-refractivity contribution in [2.45, 2.75) is 50.2 Å². The number of carbonyl (C=O) groups excluding carboxylic acids is 1. The lowest BCUT2D eigenvalue weighted by molar-refractivity contribution is -0.117. The van der Waals surface area contributed by atoms with Crippen molar-refractivity contribution in [1.29, 1.82) is 0 Å². The van der Waals surface area contributed by atoms with Gasteiger partial charge in [-0.2, -0.15) is 0 Å². The van der Waals surface area contributed by atoms with Gasteiger partial charge in [0.15, 0.2) is 0 Å². The summed E-state index contributed by atoms with van der Waals surface area (Å²) < 4.78 is 0. The molecule has 0 radical (unpaired) electrons. The zero-order valence-electron chi connectivity index (χ0n) is 11.2. The SMILES string of the molecule is Cc1ccc(C(C)(C)C)cc1SC(C)C(N)=O. The third-order valence-electron chi connectivity index (χ3n) is 2.76. The summed E-state index contributed by atoms with van der Waals surface area (Å²) in [5.41, 5.74) is 7.89. The van der Waals surface area contributed by atoms with E-state index in [1.165, 1.54) is 22.9 Å². The van der Waals surface area contributed by atoms with Gasteiger partial charge in [0.05, 0.1) is 5.25 Å². The molecule has 94 valence electrons. The highest BCUT2D eigenvalue weighted by molar-refractivity contribution is 8.00. The van der Waals surface area contributed by atoms with Crippen LogP contribution >= 0.6 is 11.8 Å². The average Bonchev–Trinajstić information content (AvgIpc) is 2.19. The molecule has 2 nitrogen and oxygen atoms in total. The number of aryl methyl sites for hydroxylation is 1. The van der Waals surface area contributed by atoms with Crippen LogP contribution in [0.1, 0.15) is 38.8 Å². The van der Waals surface area contributed by atoms with E-state index in [1.807, 2.05) is 6.92 Å². The summed E-state index contributed by atoms with van der Waals surface area (Å²) in [6, 6.07) is 6.42. The predicted molar refractivity (Wildman–Crippen MR) is 74.4 cm³/mol. The van der Waals surface area contributed by atoms with Crippen LogP contribution in [0.15, 0.2) is 23.1 Å². The van der Waals surface area contributed by atoms with Crippen LogP contribution in [0.4, 0.5) is 0 Å². The van der Waals surface area contributed by atoms with E-state index in [1.54, 1.807) is 0 Å². The summed E-state index contributed by atoms with van der Waals surface area (Å²) in [4.78, 5) is 12.2. The number of hydrogen-bond donors (Lipinski definition) is 1. The molecule has 1 atom stereocenters. The first kappa shape index (κ1) is 14.1. The molecule has 0 aliphatic rings. The summed E-state index contributed by atoms with van der Waals surface area (Å²) in [5, 5.41) is -0.191. The van der Waals surface area contributed by atoms with E-state index >= 15 is 0 Å². The second-order valence-corrected chi connectivity index (χ2v) is 6.78. The Morgan fingerprint density at radius 1 is 1.35 bits per heavy atom. The van der Waals surface area contributed by atoms with Crippen LogP contribution in [0, 0.1) is 6.92 Å². The van der Waals surface area contributed by atoms with Crippen molar-refractivity contribution in [3.63, 3.8) is 0 Å². The minimum absolute atomic E-state index is 0.124. The van der Waals surface area contributed by atoms with Crippen molar-refractivity contribution >= 4 is 17.7 Å². The first-order valence-electron chi connectivity index (χ1n) is 5.79. The molecule has 2 N–H and O–H groups in total. The Hall–Kier alpha value is -0.960. The smallest absolute Gasteiger partial charge is 0.230 e. The van der Waals surface area contributed by atoms with Crippen molar-refractivity contribution in [2.75, 3.05) is 0 Å². The molecule has 0 bridgehead atoms. The topological polar surface area (TPSA) is 43.1 Å². The largest absolute Gasteiger partial charge is 0.369 e. The highest BCUT2D eigenvalue weighted by Crippen LogP contribution is 2.31. The predicted octanol–water partition coefficient (Wildman–Crippen LogP) is 3.26. The van der Waals surface area contributed by atoms with Crippen LogP contribution < -0.4 is 5.73 Å². The van der Waals surface area contributed by atoms with Gasteiger partial charge < -0.3 is 5.73 Å². The molecular weight excluding hydrogens is 230 g/mol. The Morgan fingerprint density at radius 2 is 1.94 bits per heavy atom. The maximum absolute atomic E-state index is 11.1. The summed E-state index contributed by atoms with van der Waals surface area (Å²) in [7, 11) is 0. The molecule has 0 heterocycles. The molecule has 0 aliphatic carbocycles. The summed E-state index contributed by atoms with van der Waals surface area (Å²) >= 11 is 1.53. The molecule has 17 heavy (non-hydrogen) atoms. The molecule has 1 aromatic carbocycles. The Kier molecular flexibility index (Phi) is 4.26. The lowest BCUT2D eigenvalue weighted by Crippen LogP contribution is -2.22. The Labute approximate surface area is 108 Å². The molecule has 1 unspecified atom stereocenters. The monoisotopic (exact) mass is 251 g/mol. The first-order valence-corrected chi connectivity index (χ1v) is 6.67. The second kappa shape index (κ2) is 5.13. The number of primary amides is 1. The summed E-state index contributed by atoms with van der Waals surface area (Å²) in [6.07, 6.45) is 0. The van der Waals surface area contributed by atoms with Crippen LogP contribution in [0.5, 0.6) is 0 Å². The summed E-state index contributed by atoms with van der Waals surface area (Å²) in [6.45, 7) is 10.5. The van der Waals surface area contributed by atoms with Crippen LogP contribution in [-0.4, -0.2) is 11.2 Å². The molecule has 1 amide bonds. The van der Waals surface area contributed by atoms with Gasteiger partial charge in [-0.3, -0.25) is 4.79 Å². The number of benzene rings is 1. The van der Waals surface area contributed by atoms with E-state index in [0.717, 1.165) is 4.90 Å². The molecule has 1 aromatic rings. The van der Waals surface area contributed by atoms with Gasteiger partial charge in [-0.25, -0.2) is 0 Å². The first-order chi connectivity index (χ1) is 7.71. The number of nitrogens with two attached hydrogens (primary N) is 1. The van der Waals surface area contributed by atoms with E-state index < -0.39 is 0 Å². The van der Waals surface area contributed by atoms with Gasteiger partial charge in [-0.05, 0) is 36.5 Å². The van der Waals surface area contributed by atoms with Crippen molar-refractivity contribution < 1.29 is 4.79 Å². The number of hydrogen-bond acceptors (Lipinski definition) is 2. The molecule has 0 saturated heterocycles. The number of thioether (sulfide) groups is 1. The molecular formula is C14H21NOS. The second-order valence-electron chi connectivity index (χ2n) is 5.39. The van der Waals surface area contributed by atoms with Crippen molar-refractivity contribution in [1.82, 2.24) is 0 Å². The Morgan fingerprint density at radius 3 is 2.41 bits per heavy atom. The van der Waals surface area contributed by atoms with Crippen LogP contribution in [0.25, 0.3) is 0 Å². The van der Waals surface area contributed by atoms with Gasteiger partial charge >= 0.3 is 0 Å². The molecule has 0 aliphatic heterocycles. The molecule has 3 heteroatoms. The number of carbonyl (C=O) groups is 1. The third-order valence-corrected chi connectivity index (χ3v) is 4.04. The van der Waals surface area contributed by atoms with Gasteiger partial charge in [0.25, 0.3) is 0 Å². The number of amides is 1. The lowest BCUT2D eigenvalue weighted by atomic mass is 9.87. The highest BCUT2D eigenvalue weighted by Gasteiger charge is 2.17. The molecule has 1 rings (SSSR count). The van der Waals surface area contributed by atoms with Crippen LogP contribution in [0.2, 0.25) is 0 Å². The van der Waals surface area contributed by atoms with Gasteiger partial charge in [-0.15, -0.1) is 11.8 Å². The zero-order valence-corrected chi connectivity index (χ0v) is 12.0. The molecule has 0 fully saturated rings. The van der Waals surface area contributed by atoms with E-state index in [2.05, 4.69) is 45.9 Å². The van der Waals surface area contributed by atoms with Gasteiger partial charge in [0.1, 0.15) is 0 Å². The molecule has 0 spiro atoms. The highest BCUT2D eigenvalue weighted by atomic mass is 32.2. The Bertz CT molecular complexity index is 421. The third kappa shape index (κ3) is 3.77. The fraction of sp³-hybridized carbons (Fsp3) is 0.500. The van der Waals surface area contributed by atoms with E-state index in [0.29, 0.717) is 0 Å². The standard InChI is InChI=1S/C14H21NOS/c1-9-6-7-11(14(3,4)5)8-12(9)17-10(2)13(15)16/h6-8,10H,1-5H3,(H2,15,16). The van der Waals surface area contributed by atoms with E-state index in [9.17, 15) is 4.79 Å². The molecule has 0 saturated carbocycles. The van der Waals surface area contributed by atoms with Crippen LogP contribution in [0.3, 0.4) is 0 Å².